The first-order valence-electron chi connectivity index (χ1n) is 6.20. The molecule has 0 atom stereocenters. The highest BCUT2D eigenvalue weighted by atomic mass is 79.9. The first-order valence-corrected chi connectivity index (χ1v) is 6.99. The number of aromatic nitrogens is 4. The van der Waals surface area contributed by atoms with E-state index in [-0.39, 0.29) is 49.7 Å². The molecular weight excluding hydrogens is 346 g/mol. The van der Waals surface area contributed by atoms with Gasteiger partial charge in [-0.05, 0) is 22.4 Å². The Bertz CT molecular complexity index is 738. The van der Waals surface area contributed by atoms with Crippen LogP contribution in [0.25, 0.3) is 11.2 Å². The maximum Gasteiger partial charge on any atom is 0.303 e. The minimum absolute atomic E-state index is 0.00974. The molecule has 0 amide bonds. The van der Waals surface area contributed by atoms with Crippen LogP contribution in [0.4, 0.5) is 5.95 Å². The number of nitrogen functional groups attached to an aromatic ring is 1. The van der Waals surface area contributed by atoms with Crippen LogP contribution in [0.1, 0.15) is 12.8 Å². The molecule has 2 aromatic rings. The van der Waals surface area contributed by atoms with Crippen molar-refractivity contribution in [2.24, 2.45) is 0 Å². The van der Waals surface area contributed by atoms with Crippen LogP contribution < -0.4 is 11.3 Å². The number of carboxylic acids is 1. The Hall–Kier alpha value is -1.94. The number of anilines is 1. The average molecular weight is 360 g/mol. The number of aliphatic carboxylic acids is 1. The lowest BCUT2D eigenvalue weighted by Crippen LogP contribution is -2.25. The number of aliphatic hydroxyl groups excluding tert-OH is 1. The third kappa shape index (κ3) is 3.05. The molecule has 0 aliphatic heterocycles. The third-order valence-corrected chi connectivity index (χ3v) is 3.54. The van der Waals surface area contributed by atoms with Crippen LogP contribution in [-0.4, -0.2) is 41.9 Å². The lowest BCUT2D eigenvalue weighted by atomic mass is 10.3. The van der Waals surface area contributed by atoms with Crippen molar-refractivity contribution in [3.63, 3.8) is 0 Å². The van der Waals surface area contributed by atoms with Crippen LogP contribution in [0.3, 0.4) is 0 Å². The van der Waals surface area contributed by atoms with Crippen molar-refractivity contribution in [1.82, 2.24) is 19.1 Å². The van der Waals surface area contributed by atoms with Crippen molar-refractivity contribution in [3.8, 4) is 0 Å². The molecule has 0 aliphatic carbocycles. The molecule has 9 nitrogen and oxygen atoms in total. The van der Waals surface area contributed by atoms with Gasteiger partial charge in [-0.1, -0.05) is 0 Å². The fraction of sp³-hybridized carbons (Fsp3) is 0.455. The highest BCUT2D eigenvalue weighted by Crippen LogP contribution is 2.17. The summed E-state index contributed by atoms with van der Waals surface area (Å²) in [6.07, 6.45) is 0.206. The zero-order valence-electron chi connectivity index (χ0n) is 11.0. The summed E-state index contributed by atoms with van der Waals surface area (Å²) < 4.78 is 3.11. The van der Waals surface area contributed by atoms with Crippen molar-refractivity contribution >= 4 is 39.0 Å². The highest BCUT2D eigenvalue weighted by Gasteiger charge is 2.17. The lowest BCUT2D eigenvalue weighted by Gasteiger charge is -2.08. The van der Waals surface area contributed by atoms with Crippen molar-refractivity contribution < 1.29 is 15.0 Å². The van der Waals surface area contributed by atoms with Gasteiger partial charge in [0.2, 0.25) is 5.95 Å². The molecule has 0 spiro atoms. The number of carboxylic acid groups (broad SMARTS) is 1. The summed E-state index contributed by atoms with van der Waals surface area (Å²) in [6.45, 7) is 0.254. The van der Waals surface area contributed by atoms with Gasteiger partial charge in [-0.3, -0.25) is 14.2 Å². The molecule has 0 fully saturated rings. The molecule has 0 radical (unpaired) electrons. The molecule has 4 N–H and O–H groups in total. The first-order chi connectivity index (χ1) is 9.95. The summed E-state index contributed by atoms with van der Waals surface area (Å²) in [5.74, 6) is -0.949. The molecule has 0 aromatic carbocycles. The average Bonchev–Trinajstić information content (AvgIpc) is 2.71. The van der Waals surface area contributed by atoms with Crippen LogP contribution in [0.5, 0.6) is 0 Å². The number of aliphatic hydroxyl groups is 1. The number of nitrogens with zero attached hydrogens (tertiary/aromatic N) is 4. The quantitative estimate of drug-likeness (QED) is 0.607. The van der Waals surface area contributed by atoms with Crippen LogP contribution in [0.2, 0.25) is 0 Å². The summed E-state index contributed by atoms with van der Waals surface area (Å²) in [5.41, 5.74) is 5.74. The standard InChI is InChI=1S/C11H14BrN5O4/c12-10-14-7-8(16(10)4-5-18)15-11(13)17(9(7)21)3-1-2-6(19)20/h18H,1-5H2,(H2,13,15)(H,19,20). The van der Waals surface area contributed by atoms with Gasteiger partial charge in [0.25, 0.3) is 5.56 Å². The lowest BCUT2D eigenvalue weighted by molar-refractivity contribution is -0.137. The largest absolute Gasteiger partial charge is 0.481 e. The SMILES string of the molecule is Nc1nc2c(nc(Br)n2CCO)c(=O)n1CCCC(=O)O. The first kappa shape index (κ1) is 15.4. The van der Waals surface area contributed by atoms with Gasteiger partial charge in [-0.2, -0.15) is 4.98 Å². The van der Waals surface area contributed by atoms with E-state index < -0.39 is 11.5 Å². The molecular formula is C11H14BrN5O4. The van der Waals surface area contributed by atoms with Gasteiger partial charge in [-0.25, -0.2) is 4.98 Å². The van der Waals surface area contributed by atoms with E-state index in [1.54, 1.807) is 0 Å². The van der Waals surface area contributed by atoms with E-state index in [4.69, 9.17) is 15.9 Å². The smallest absolute Gasteiger partial charge is 0.303 e. The van der Waals surface area contributed by atoms with Crippen molar-refractivity contribution in [3.05, 3.63) is 15.1 Å². The van der Waals surface area contributed by atoms with E-state index in [9.17, 15) is 9.59 Å². The van der Waals surface area contributed by atoms with Gasteiger partial charge in [0, 0.05) is 19.5 Å². The second kappa shape index (κ2) is 6.22. The molecule has 0 saturated carbocycles. The maximum absolute atomic E-state index is 12.3. The van der Waals surface area contributed by atoms with Gasteiger partial charge in [-0.15, -0.1) is 0 Å². The Morgan fingerprint density at radius 3 is 2.62 bits per heavy atom. The molecule has 0 bridgehead atoms. The second-order valence-corrected chi connectivity index (χ2v) is 5.06. The van der Waals surface area contributed by atoms with Gasteiger partial charge < -0.3 is 20.5 Å². The van der Waals surface area contributed by atoms with E-state index in [0.717, 1.165) is 0 Å². The van der Waals surface area contributed by atoms with Gasteiger partial charge >= 0.3 is 5.97 Å². The summed E-state index contributed by atoms with van der Waals surface area (Å²) in [7, 11) is 0. The Morgan fingerprint density at radius 2 is 2.00 bits per heavy atom. The number of carbonyl (C=O) groups is 1. The normalized spacial score (nSPS) is 11.1. The van der Waals surface area contributed by atoms with Gasteiger partial charge in [0.15, 0.2) is 15.9 Å². The number of nitrogens with two attached hydrogens (primary N) is 1. The van der Waals surface area contributed by atoms with E-state index in [0.29, 0.717) is 4.73 Å². The topological polar surface area (TPSA) is 136 Å². The second-order valence-electron chi connectivity index (χ2n) is 4.35. The van der Waals surface area contributed by atoms with E-state index in [1.807, 2.05) is 0 Å². The minimum Gasteiger partial charge on any atom is -0.481 e. The van der Waals surface area contributed by atoms with Crippen LogP contribution in [0, 0.1) is 0 Å². The van der Waals surface area contributed by atoms with E-state index in [1.165, 1.54) is 9.13 Å². The Morgan fingerprint density at radius 1 is 1.29 bits per heavy atom. The molecule has 0 saturated heterocycles. The molecule has 21 heavy (non-hydrogen) atoms. The number of rotatable bonds is 6. The maximum atomic E-state index is 12.3. The van der Waals surface area contributed by atoms with Crippen LogP contribution in [0.15, 0.2) is 9.53 Å². The number of hydrogen-bond acceptors (Lipinski definition) is 6. The Labute approximate surface area is 127 Å². The fourth-order valence-corrected chi connectivity index (χ4v) is 2.50. The zero-order chi connectivity index (χ0) is 15.6. The predicted octanol–water partition coefficient (Wildman–Crippen LogP) is -0.205. The minimum atomic E-state index is -0.939. The third-order valence-electron chi connectivity index (χ3n) is 2.93. The van der Waals surface area contributed by atoms with Crippen LogP contribution in [-0.2, 0) is 17.9 Å². The summed E-state index contributed by atoms with van der Waals surface area (Å²) in [4.78, 5) is 31.0. The summed E-state index contributed by atoms with van der Waals surface area (Å²) in [5, 5.41) is 17.6. The van der Waals surface area contributed by atoms with Gasteiger partial charge in [0.1, 0.15) is 0 Å². The molecule has 10 heteroatoms. The monoisotopic (exact) mass is 359 g/mol. The van der Waals surface area contributed by atoms with Crippen molar-refractivity contribution in [2.45, 2.75) is 25.9 Å². The van der Waals surface area contributed by atoms with Crippen molar-refractivity contribution in [1.29, 1.82) is 0 Å². The summed E-state index contributed by atoms with van der Waals surface area (Å²) >= 11 is 3.20. The Kier molecular flexibility index (Phi) is 4.58. The molecule has 2 aromatic heterocycles. The van der Waals surface area contributed by atoms with E-state index in [2.05, 4.69) is 25.9 Å². The molecule has 2 rings (SSSR count). The zero-order valence-corrected chi connectivity index (χ0v) is 12.6. The number of halogens is 1. The molecule has 0 unspecified atom stereocenters. The van der Waals surface area contributed by atoms with Crippen molar-refractivity contribution in [2.75, 3.05) is 12.3 Å². The molecule has 114 valence electrons. The predicted molar refractivity (Wildman–Crippen MR) is 77.9 cm³/mol. The van der Waals surface area contributed by atoms with Crippen LogP contribution >= 0.6 is 15.9 Å². The number of imidazole rings is 1. The van der Waals surface area contributed by atoms with E-state index >= 15 is 0 Å². The van der Waals surface area contributed by atoms with Gasteiger partial charge in [0.05, 0.1) is 6.61 Å². The summed E-state index contributed by atoms with van der Waals surface area (Å²) in [6, 6.07) is 0. The molecule has 0 aliphatic rings. The Balaban J connectivity index is 2.45. The number of hydrogen-bond donors (Lipinski definition) is 3. The molecule has 2 heterocycles. The fourth-order valence-electron chi connectivity index (χ4n) is 1.98. The number of fused-ring (bicyclic) bond motifs is 1. The highest BCUT2D eigenvalue weighted by molar-refractivity contribution is 9.10.